The van der Waals surface area contributed by atoms with Crippen molar-refractivity contribution in [2.24, 2.45) is 0 Å². The molecule has 2 aromatic carbocycles. The second kappa shape index (κ2) is 12.1. The molecule has 0 aromatic heterocycles. The lowest BCUT2D eigenvalue weighted by Crippen LogP contribution is -2.34. The van der Waals surface area contributed by atoms with Gasteiger partial charge in [0.1, 0.15) is 11.5 Å². The van der Waals surface area contributed by atoms with Crippen molar-refractivity contribution >= 4 is 28.9 Å². The third-order valence-electron chi connectivity index (χ3n) is 4.36. The summed E-state index contributed by atoms with van der Waals surface area (Å²) in [6.45, 7) is 6.94. The van der Waals surface area contributed by atoms with Crippen LogP contribution in [0.4, 0.5) is 5.69 Å². The molecule has 0 radical (unpaired) electrons. The molecule has 2 aromatic rings. The highest BCUT2D eigenvalue weighted by molar-refractivity contribution is 7.80. The van der Waals surface area contributed by atoms with Gasteiger partial charge < -0.3 is 14.8 Å². The summed E-state index contributed by atoms with van der Waals surface area (Å²) in [6, 6.07) is 14.6. The van der Waals surface area contributed by atoms with Crippen LogP contribution in [0.5, 0.6) is 11.5 Å². The number of carbonyl (C=O) groups is 1. The topological polar surface area (TPSA) is 59.6 Å². The van der Waals surface area contributed by atoms with Crippen molar-refractivity contribution in [1.29, 1.82) is 0 Å². The molecule has 1 unspecified atom stereocenters. The van der Waals surface area contributed by atoms with Gasteiger partial charge in [0.05, 0.1) is 12.7 Å². The number of amides is 1. The Labute approximate surface area is 178 Å². The number of hydrogen-bond acceptors (Lipinski definition) is 4. The largest absolute Gasteiger partial charge is 0.494 e. The van der Waals surface area contributed by atoms with Crippen molar-refractivity contribution in [2.45, 2.75) is 52.6 Å². The van der Waals surface area contributed by atoms with E-state index >= 15 is 0 Å². The molecule has 0 aliphatic heterocycles. The van der Waals surface area contributed by atoms with E-state index in [0.29, 0.717) is 12.2 Å². The lowest BCUT2D eigenvalue weighted by Gasteiger charge is -2.14. The zero-order valence-corrected chi connectivity index (χ0v) is 18.2. The summed E-state index contributed by atoms with van der Waals surface area (Å²) in [5.41, 5.74) is 1.27. The van der Waals surface area contributed by atoms with Crippen LogP contribution in [0, 0.1) is 0 Å². The fraction of sp³-hybridized carbons (Fsp3) is 0.391. The highest BCUT2D eigenvalue weighted by atomic mass is 32.1. The number of thiocarbonyl (C=S) groups is 1. The predicted octanol–water partition coefficient (Wildman–Crippen LogP) is 5.56. The van der Waals surface area contributed by atoms with Crippen molar-refractivity contribution in [2.75, 3.05) is 11.9 Å². The van der Waals surface area contributed by atoms with E-state index in [2.05, 4.69) is 24.5 Å². The minimum absolute atomic E-state index is 0.135. The van der Waals surface area contributed by atoms with Crippen LogP contribution in [-0.4, -0.2) is 23.7 Å². The number of unbranched alkanes of at least 4 members (excludes halogenated alkanes) is 2. The van der Waals surface area contributed by atoms with Gasteiger partial charge in [-0.2, -0.15) is 0 Å². The maximum Gasteiger partial charge on any atom is 0.257 e. The van der Waals surface area contributed by atoms with Gasteiger partial charge in [0.2, 0.25) is 0 Å². The van der Waals surface area contributed by atoms with Gasteiger partial charge in [0.15, 0.2) is 5.11 Å². The van der Waals surface area contributed by atoms with Crippen LogP contribution in [0.15, 0.2) is 48.5 Å². The fourth-order valence-electron chi connectivity index (χ4n) is 2.55. The zero-order chi connectivity index (χ0) is 21.1. The molecule has 2 rings (SSSR count). The van der Waals surface area contributed by atoms with E-state index in [1.54, 1.807) is 24.3 Å². The van der Waals surface area contributed by atoms with Gasteiger partial charge in [0, 0.05) is 17.3 Å². The van der Waals surface area contributed by atoms with Gasteiger partial charge in [0.25, 0.3) is 5.91 Å². The Morgan fingerprint density at radius 3 is 2.52 bits per heavy atom. The van der Waals surface area contributed by atoms with E-state index in [9.17, 15) is 4.79 Å². The molecule has 29 heavy (non-hydrogen) atoms. The molecule has 6 heteroatoms. The Morgan fingerprint density at radius 2 is 1.83 bits per heavy atom. The number of rotatable bonds is 10. The smallest absolute Gasteiger partial charge is 0.257 e. The highest BCUT2D eigenvalue weighted by Crippen LogP contribution is 2.19. The highest BCUT2D eigenvalue weighted by Gasteiger charge is 2.09. The summed E-state index contributed by atoms with van der Waals surface area (Å²) in [4.78, 5) is 12.4. The molecular weight excluding hydrogens is 384 g/mol. The summed E-state index contributed by atoms with van der Waals surface area (Å²) in [5, 5.41) is 5.95. The zero-order valence-electron chi connectivity index (χ0n) is 17.4. The summed E-state index contributed by atoms with van der Waals surface area (Å²) in [7, 11) is 0. The lowest BCUT2D eigenvalue weighted by molar-refractivity contribution is 0.0977. The third kappa shape index (κ3) is 8.11. The van der Waals surface area contributed by atoms with E-state index < -0.39 is 0 Å². The molecule has 1 amide bonds. The molecule has 0 heterocycles. The second-order valence-corrected chi connectivity index (χ2v) is 7.26. The van der Waals surface area contributed by atoms with Gasteiger partial charge in [-0.3, -0.25) is 10.1 Å². The van der Waals surface area contributed by atoms with Crippen molar-refractivity contribution in [3.8, 4) is 11.5 Å². The predicted molar refractivity (Wildman–Crippen MR) is 122 cm³/mol. The van der Waals surface area contributed by atoms with Crippen LogP contribution in [0.1, 0.15) is 56.8 Å². The monoisotopic (exact) mass is 414 g/mol. The van der Waals surface area contributed by atoms with E-state index in [-0.39, 0.29) is 17.1 Å². The average molecular weight is 415 g/mol. The molecule has 0 saturated carbocycles. The molecule has 0 bridgehead atoms. The standard InChI is InChI=1S/C23H30N2O3S/c1-4-6-7-15-27-20-13-11-18(12-14-20)22(26)25-23(29)24-19-9-8-10-21(16-19)28-17(3)5-2/h8-14,16-17H,4-7,15H2,1-3H3,(H2,24,25,26,29). The normalized spacial score (nSPS) is 11.4. The summed E-state index contributed by atoms with van der Waals surface area (Å²) in [5.74, 6) is 1.25. The number of anilines is 1. The van der Waals surface area contributed by atoms with Crippen LogP contribution in [0.25, 0.3) is 0 Å². The summed E-state index contributed by atoms with van der Waals surface area (Å²) < 4.78 is 11.5. The molecule has 0 aliphatic carbocycles. The lowest BCUT2D eigenvalue weighted by atomic mass is 10.2. The van der Waals surface area contributed by atoms with Gasteiger partial charge in [-0.25, -0.2) is 0 Å². The first kappa shape index (κ1) is 22.7. The minimum Gasteiger partial charge on any atom is -0.494 e. The summed E-state index contributed by atoms with van der Waals surface area (Å²) >= 11 is 5.27. The number of benzene rings is 2. The average Bonchev–Trinajstić information content (AvgIpc) is 2.71. The first-order chi connectivity index (χ1) is 14.0. The van der Waals surface area contributed by atoms with Crippen molar-refractivity contribution in [1.82, 2.24) is 5.32 Å². The number of hydrogen-bond donors (Lipinski definition) is 2. The molecule has 156 valence electrons. The molecule has 5 nitrogen and oxygen atoms in total. The van der Waals surface area contributed by atoms with Crippen LogP contribution >= 0.6 is 12.2 Å². The van der Waals surface area contributed by atoms with Crippen LogP contribution < -0.4 is 20.1 Å². The van der Waals surface area contributed by atoms with Gasteiger partial charge in [-0.15, -0.1) is 0 Å². The van der Waals surface area contributed by atoms with E-state index in [0.717, 1.165) is 42.9 Å². The molecule has 0 spiro atoms. The first-order valence-electron chi connectivity index (χ1n) is 10.1. The van der Waals surface area contributed by atoms with Crippen molar-refractivity contribution in [3.05, 3.63) is 54.1 Å². The van der Waals surface area contributed by atoms with Gasteiger partial charge >= 0.3 is 0 Å². The Hall–Kier alpha value is -2.60. The molecular formula is C23H30N2O3S. The van der Waals surface area contributed by atoms with Crippen molar-refractivity contribution in [3.63, 3.8) is 0 Å². The number of ether oxygens (including phenoxy) is 2. The molecule has 1 atom stereocenters. The van der Waals surface area contributed by atoms with Crippen LogP contribution in [0.3, 0.4) is 0 Å². The quantitative estimate of drug-likeness (QED) is 0.394. The second-order valence-electron chi connectivity index (χ2n) is 6.85. The summed E-state index contributed by atoms with van der Waals surface area (Å²) in [6.07, 6.45) is 4.40. The molecule has 0 saturated heterocycles. The first-order valence-corrected chi connectivity index (χ1v) is 10.5. The van der Waals surface area contributed by atoms with Crippen LogP contribution in [-0.2, 0) is 0 Å². The molecule has 0 fully saturated rings. The fourth-order valence-corrected chi connectivity index (χ4v) is 2.76. The Morgan fingerprint density at radius 1 is 1.07 bits per heavy atom. The number of nitrogens with one attached hydrogen (secondary N) is 2. The third-order valence-corrected chi connectivity index (χ3v) is 4.57. The maximum atomic E-state index is 12.4. The Kier molecular flexibility index (Phi) is 9.44. The van der Waals surface area contributed by atoms with E-state index in [1.807, 2.05) is 31.2 Å². The Balaban J connectivity index is 1.85. The molecule has 0 aliphatic rings. The maximum absolute atomic E-state index is 12.4. The Bertz CT molecular complexity index is 793. The van der Waals surface area contributed by atoms with Gasteiger partial charge in [-0.05, 0) is 68.4 Å². The number of carbonyl (C=O) groups excluding carboxylic acids is 1. The van der Waals surface area contributed by atoms with Crippen LogP contribution in [0.2, 0.25) is 0 Å². The SMILES string of the molecule is CCCCCOc1ccc(C(=O)NC(=S)Nc2cccc(OC(C)CC)c2)cc1. The van der Waals surface area contributed by atoms with E-state index in [4.69, 9.17) is 21.7 Å². The minimum atomic E-state index is -0.271. The van der Waals surface area contributed by atoms with E-state index in [1.165, 1.54) is 0 Å². The van der Waals surface area contributed by atoms with Gasteiger partial charge in [-0.1, -0.05) is 32.8 Å². The van der Waals surface area contributed by atoms with Crippen molar-refractivity contribution < 1.29 is 14.3 Å². The molecule has 2 N–H and O–H groups in total.